The van der Waals surface area contributed by atoms with Gasteiger partial charge < -0.3 is 19.0 Å². The highest BCUT2D eigenvalue weighted by Crippen LogP contribution is 2.23. The number of hydrogen-bond donors (Lipinski definition) is 0. The predicted octanol–water partition coefficient (Wildman–Crippen LogP) is 5.41. The summed E-state index contributed by atoms with van der Waals surface area (Å²) in [5, 5.41) is 4.22. The summed E-state index contributed by atoms with van der Waals surface area (Å²) in [5.74, 6) is 0.228. The number of methoxy groups -OCH3 is 2. The maximum atomic E-state index is 12.2. The lowest BCUT2D eigenvalue weighted by Crippen LogP contribution is -2.08. The van der Waals surface area contributed by atoms with Crippen molar-refractivity contribution in [3.05, 3.63) is 107 Å². The molecule has 0 saturated heterocycles. The lowest BCUT2D eigenvalue weighted by Gasteiger charge is -2.13. The summed E-state index contributed by atoms with van der Waals surface area (Å²) in [6.07, 6.45) is 2.19. The third-order valence-corrected chi connectivity index (χ3v) is 5.14. The first-order valence-corrected chi connectivity index (χ1v) is 11.0. The van der Waals surface area contributed by atoms with Crippen molar-refractivity contribution in [2.45, 2.75) is 20.0 Å². The number of hydrogen-bond acceptors (Lipinski definition) is 6. The van der Waals surface area contributed by atoms with Gasteiger partial charge in [-0.25, -0.2) is 4.79 Å². The molecule has 0 spiro atoms. The number of ether oxygens (including phenoxy) is 3. The normalized spacial score (nSPS) is 11.6. The number of carbonyl (C=O) groups is 1. The average Bonchev–Trinajstić information content (AvgIpc) is 2.89. The molecule has 0 bridgehead atoms. The predicted molar refractivity (Wildman–Crippen MR) is 133 cm³/mol. The van der Waals surface area contributed by atoms with Gasteiger partial charge in [-0.15, -0.1) is 0 Å². The molecular formula is C28H29NO5. The third kappa shape index (κ3) is 6.97. The van der Waals surface area contributed by atoms with E-state index in [9.17, 15) is 4.79 Å². The van der Waals surface area contributed by atoms with Crippen molar-refractivity contribution in [2.75, 3.05) is 20.8 Å². The summed E-state index contributed by atoms with van der Waals surface area (Å²) < 4.78 is 15.9. The minimum absolute atomic E-state index is 0.281. The molecule has 0 fully saturated rings. The van der Waals surface area contributed by atoms with Crippen molar-refractivity contribution < 1.29 is 23.8 Å². The first kappa shape index (κ1) is 24.6. The Morgan fingerprint density at radius 3 is 2.32 bits per heavy atom. The maximum Gasteiger partial charge on any atom is 0.341 e. The second-order valence-corrected chi connectivity index (χ2v) is 7.47. The molecule has 176 valence electrons. The number of carbonyl (C=O) groups excluding carboxylic acids is 1. The largest absolute Gasteiger partial charge is 0.503 e. The summed E-state index contributed by atoms with van der Waals surface area (Å²) in [7, 11) is 2.83. The van der Waals surface area contributed by atoms with Crippen LogP contribution in [0.5, 0.6) is 5.75 Å². The minimum atomic E-state index is -0.473. The molecule has 6 heteroatoms. The topological polar surface area (TPSA) is 66.4 Å². The fourth-order valence-electron chi connectivity index (χ4n) is 3.32. The van der Waals surface area contributed by atoms with E-state index in [1.165, 1.54) is 26.0 Å². The Morgan fingerprint density at radius 1 is 0.912 bits per heavy atom. The zero-order valence-electron chi connectivity index (χ0n) is 19.7. The van der Waals surface area contributed by atoms with Crippen LogP contribution in [0.25, 0.3) is 5.57 Å². The second kappa shape index (κ2) is 12.8. The molecule has 3 aromatic carbocycles. The van der Waals surface area contributed by atoms with Gasteiger partial charge in [0.1, 0.15) is 24.5 Å². The van der Waals surface area contributed by atoms with Crippen LogP contribution in [0.15, 0.2) is 90.3 Å². The van der Waals surface area contributed by atoms with Gasteiger partial charge >= 0.3 is 5.97 Å². The zero-order chi connectivity index (χ0) is 24.2. The molecule has 34 heavy (non-hydrogen) atoms. The van der Waals surface area contributed by atoms with E-state index in [4.69, 9.17) is 19.0 Å². The molecular weight excluding hydrogens is 430 g/mol. The van der Waals surface area contributed by atoms with Gasteiger partial charge in [-0.2, -0.15) is 0 Å². The van der Waals surface area contributed by atoms with E-state index >= 15 is 0 Å². The summed E-state index contributed by atoms with van der Waals surface area (Å²) >= 11 is 0. The molecule has 0 N–H and O–H groups in total. The van der Waals surface area contributed by atoms with Crippen LogP contribution >= 0.6 is 0 Å². The SMILES string of the molecule is CO/C=C(/C(=O)OC)c1ccccc1COc1ccc(/C(C)=N/OCCc2ccccc2)cc1. The Bertz CT molecular complexity index is 1120. The van der Waals surface area contributed by atoms with E-state index in [0.29, 0.717) is 23.5 Å². The van der Waals surface area contributed by atoms with Gasteiger partial charge in [0.05, 0.1) is 26.2 Å². The average molecular weight is 460 g/mol. The van der Waals surface area contributed by atoms with Crippen LogP contribution in [0.4, 0.5) is 0 Å². The molecule has 0 saturated carbocycles. The molecule has 0 atom stereocenters. The van der Waals surface area contributed by atoms with E-state index in [0.717, 1.165) is 23.3 Å². The maximum absolute atomic E-state index is 12.2. The number of benzene rings is 3. The zero-order valence-corrected chi connectivity index (χ0v) is 19.7. The first-order valence-electron chi connectivity index (χ1n) is 11.0. The van der Waals surface area contributed by atoms with Crippen LogP contribution in [0.3, 0.4) is 0 Å². The number of nitrogens with zero attached hydrogens (tertiary/aromatic N) is 1. The minimum Gasteiger partial charge on any atom is -0.503 e. The Morgan fingerprint density at radius 2 is 1.62 bits per heavy atom. The molecule has 3 aromatic rings. The molecule has 0 aliphatic heterocycles. The van der Waals surface area contributed by atoms with Crippen LogP contribution in [-0.4, -0.2) is 32.5 Å². The Labute approximate surface area is 200 Å². The summed E-state index contributed by atoms with van der Waals surface area (Å²) in [6.45, 7) is 2.71. The highest BCUT2D eigenvalue weighted by molar-refractivity contribution is 6.16. The van der Waals surface area contributed by atoms with E-state index in [-0.39, 0.29) is 6.61 Å². The Balaban J connectivity index is 1.59. The van der Waals surface area contributed by atoms with Gasteiger partial charge in [0.25, 0.3) is 0 Å². The van der Waals surface area contributed by atoms with Gasteiger partial charge in [0.2, 0.25) is 0 Å². The molecule has 0 aromatic heterocycles. The van der Waals surface area contributed by atoms with Gasteiger partial charge in [-0.3, -0.25) is 0 Å². The Hall–Kier alpha value is -4.06. The summed E-state index contributed by atoms with van der Waals surface area (Å²) in [4.78, 5) is 17.6. The molecule has 0 heterocycles. The van der Waals surface area contributed by atoms with Gasteiger partial charge in [-0.1, -0.05) is 59.8 Å². The molecule has 0 unspecified atom stereocenters. The van der Waals surface area contributed by atoms with Crippen LogP contribution in [0, 0.1) is 0 Å². The molecule has 0 amide bonds. The summed E-state index contributed by atoms with van der Waals surface area (Å²) in [6, 6.07) is 25.3. The molecule has 3 rings (SSSR count). The van der Waals surface area contributed by atoms with Gasteiger partial charge in [0.15, 0.2) is 0 Å². The third-order valence-electron chi connectivity index (χ3n) is 5.14. The van der Waals surface area contributed by atoms with Crippen molar-refractivity contribution >= 4 is 17.3 Å². The quantitative estimate of drug-likeness (QED) is 0.0958. The highest BCUT2D eigenvalue weighted by atomic mass is 16.6. The van der Waals surface area contributed by atoms with Crippen molar-refractivity contribution in [3.8, 4) is 5.75 Å². The first-order chi connectivity index (χ1) is 16.6. The second-order valence-electron chi connectivity index (χ2n) is 7.47. The van der Waals surface area contributed by atoms with Crippen molar-refractivity contribution in [2.24, 2.45) is 5.16 Å². The van der Waals surface area contributed by atoms with Crippen molar-refractivity contribution in [3.63, 3.8) is 0 Å². The lowest BCUT2D eigenvalue weighted by atomic mass is 10.0. The summed E-state index contributed by atoms with van der Waals surface area (Å²) in [5.41, 5.74) is 4.82. The molecule has 6 nitrogen and oxygen atoms in total. The fourth-order valence-corrected chi connectivity index (χ4v) is 3.32. The van der Waals surface area contributed by atoms with E-state index < -0.39 is 5.97 Å². The van der Waals surface area contributed by atoms with E-state index in [1.807, 2.05) is 73.7 Å². The van der Waals surface area contributed by atoms with Crippen molar-refractivity contribution in [1.29, 1.82) is 0 Å². The van der Waals surface area contributed by atoms with Crippen LogP contribution in [0.1, 0.15) is 29.2 Å². The number of rotatable bonds is 11. The number of oxime groups is 1. The highest BCUT2D eigenvalue weighted by Gasteiger charge is 2.17. The van der Waals surface area contributed by atoms with Crippen LogP contribution in [-0.2, 0) is 32.1 Å². The molecule has 0 radical (unpaired) electrons. The van der Waals surface area contributed by atoms with E-state index in [2.05, 4.69) is 17.3 Å². The van der Waals surface area contributed by atoms with Gasteiger partial charge in [0, 0.05) is 6.42 Å². The fraction of sp³-hybridized carbons (Fsp3) is 0.214. The smallest absolute Gasteiger partial charge is 0.341 e. The van der Waals surface area contributed by atoms with Crippen LogP contribution < -0.4 is 4.74 Å². The van der Waals surface area contributed by atoms with Crippen molar-refractivity contribution in [1.82, 2.24) is 0 Å². The van der Waals surface area contributed by atoms with Gasteiger partial charge in [-0.05, 0) is 53.4 Å². The molecule has 0 aliphatic carbocycles. The molecule has 0 aliphatic rings. The van der Waals surface area contributed by atoms with Crippen LogP contribution in [0.2, 0.25) is 0 Å². The monoisotopic (exact) mass is 459 g/mol. The standard InChI is InChI=1S/C28H29NO5/c1-21(29-34-18-17-22-9-5-4-6-10-22)23-13-15-25(16-14-23)33-19-24-11-7-8-12-26(24)27(20-31-2)28(30)32-3/h4-16,20H,17-19H2,1-3H3/b27-20+,29-21+. The number of esters is 1. The Kier molecular flexibility index (Phi) is 9.29. The van der Waals surface area contributed by atoms with E-state index in [1.54, 1.807) is 0 Å². The lowest BCUT2D eigenvalue weighted by molar-refractivity contribution is -0.133.